The van der Waals surface area contributed by atoms with Gasteiger partial charge in [0.15, 0.2) is 0 Å². The van der Waals surface area contributed by atoms with Gasteiger partial charge in [-0.15, -0.1) is 0 Å². The fourth-order valence-corrected chi connectivity index (χ4v) is 2.83. The van der Waals surface area contributed by atoms with E-state index in [-0.39, 0.29) is 14.8 Å². The molecule has 8 heteroatoms. The maximum absolute atomic E-state index is 13.3. The quantitative estimate of drug-likeness (QED) is 0.619. The molecule has 118 valence electrons. The monoisotopic (exact) mass is 346 g/mol. The van der Waals surface area contributed by atoms with Gasteiger partial charge < -0.3 is 5.32 Å². The maximum atomic E-state index is 13.3. The van der Waals surface area contributed by atoms with E-state index < -0.39 is 23.1 Å². The number of pyridine rings is 1. The smallest absolute Gasteiger partial charge is 0.307 e. The number of alkyl halides is 3. The molecule has 0 saturated carbocycles. The normalized spacial score (nSPS) is 18.0. The molecular weight excluding hydrogens is 333 g/mol. The summed E-state index contributed by atoms with van der Waals surface area (Å²) in [5.41, 5.74) is -1.14. The van der Waals surface area contributed by atoms with E-state index >= 15 is 0 Å². The summed E-state index contributed by atoms with van der Waals surface area (Å²) in [6, 6.07) is 1.03. The van der Waals surface area contributed by atoms with Crippen LogP contribution in [0.4, 0.5) is 13.2 Å². The van der Waals surface area contributed by atoms with Gasteiger partial charge in [0.1, 0.15) is 4.32 Å². The second-order valence-corrected chi connectivity index (χ2v) is 7.48. The SMILES string of the molecule is CC(C)(C)c1cc(C(F)(F)F)c(/C=C2\SC(=S)NC2=O)cn1. The zero-order valence-electron chi connectivity index (χ0n) is 12.0. The highest BCUT2D eigenvalue weighted by molar-refractivity contribution is 8.26. The summed E-state index contributed by atoms with van der Waals surface area (Å²) in [4.78, 5) is 15.8. The number of thioether (sulfide) groups is 1. The van der Waals surface area contributed by atoms with Gasteiger partial charge in [0.05, 0.1) is 10.5 Å². The van der Waals surface area contributed by atoms with Crippen LogP contribution in [0.2, 0.25) is 0 Å². The van der Waals surface area contributed by atoms with Gasteiger partial charge >= 0.3 is 6.18 Å². The predicted octanol–water partition coefficient (Wildman–Crippen LogP) is 3.89. The highest BCUT2D eigenvalue weighted by atomic mass is 32.2. The second-order valence-electron chi connectivity index (χ2n) is 5.76. The van der Waals surface area contributed by atoms with E-state index in [0.717, 1.165) is 24.0 Å². The summed E-state index contributed by atoms with van der Waals surface area (Å²) in [5.74, 6) is -0.497. The third kappa shape index (κ3) is 3.67. The van der Waals surface area contributed by atoms with Crippen molar-refractivity contribution < 1.29 is 18.0 Å². The molecule has 0 unspecified atom stereocenters. The van der Waals surface area contributed by atoms with Crippen LogP contribution in [0.15, 0.2) is 17.2 Å². The van der Waals surface area contributed by atoms with Crippen LogP contribution in [0.3, 0.4) is 0 Å². The lowest BCUT2D eigenvalue weighted by Gasteiger charge is -2.20. The average molecular weight is 346 g/mol. The van der Waals surface area contributed by atoms with E-state index in [1.165, 1.54) is 6.08 Å². The van der Waals surface area contributed by atoms with Crippen LogP contribution in [0, 0.1) is 0 Å². The topological polar surface area (TPSA) is 42.0 Å². The summed E-state index contributed by atoms with van der Waals surface area (Å²) < 4.78 is 40.0. The molecule has 3 nitrogen and oxygen atoms in total. The Balaban J connectivity index is 2.55. The van der Waals surface area contributed by atoms with E-state index in [1.807, 2.05) is 0 Å². The van der Waals surface area contributed by atoms with Crippen molar-refractivity contribution in [1.29, 1.82) is 0 Å². The summed E-state index contributed by atoms with van der Waals surface area (Å²) in [7, 11) is 0. The van der Waals surface area contributed by atoms with Gasteiger partial charge in [-0.25, -0.2) is 0 Å². The number of carbonyl (C=O) groups is 1. The minimum Gasteiger partial charge on any atom is -0.307 e. The molecule has 1 aromatic rings. The molecule has 0 atom stereocenters. The van der Waals surface area contributed by atoms with Crippen LogP contribution in [-0.2, 0) is 16.4 Å². The van der Waals surface area contributed by atoms with Crippen LogP contribution in [0.25, 0.3) is 6.08 Å². The number of hydrogen-bond donors (Lipinski definition) is 1. The first-order chi connectivity index (χ1) is 9.98. The van der Waals surface area contributed by atoms with E-state index in [4.69, 9.17) is 12.2 Å². The lowest BCUT2D eigenvalue weighted by atomic mass is 9.90. The third-order valence-corrected chi connectivity index (χ3v) is 4.10. The minimum atomic E-state index is -4.53. The largest absolute Gasteiger partial charge is 0.417 e. The first-order valence-electron chi connectivity index (χ1n) is 6.31. The molecule has 1 saturated heterocycles. The first-order valence-corrected chi connectivity index (χ1v) is 7.53. The number of rotatable bonds is 1. The Morgan fingerprint density at radius 2 is 1.95 bits per heavy atom. The van der Waals surface area contributed by atoms with E-state index in [1.54, 1.807) is 20.8 Å². The highest BCUT2D eigenvalue weighted by Crippen LogP contribution is 2.36. The van der Waals surface area contributed by atoms with E-state index in [2.05, 4.69) is 10.3 Å². The van der Waals surface area contributed by atoms with Gasteiger partial charge in [0.2, 0.25) is 0 Å². The Kier molecular flexibility index (Phi) is 4.36. The molecule has 0 spiro atoms. The average Bonchev–Trinajstić information content (AvgIpc) is 2.65. The second kappa shape index (κ2) is 5.66. The Morgan fingerprint density at radius 1 is 1.32 bits per heavy atom. The molecule has 2 rings (SSSR count). The number of hydrogen-bond acceptors (Lipinski definition) is 4. The molecule has 1 aliphatic heterocycles. The van der Waals surface area contributed by atoms with Gasteiger partial charge in [-0.1, -0.05) is 44.8 Å². The summed E-state index contributed by atoms with van der Waals surface area (Å²) in [6.07, 6.45) is -2.22. The highest BCUT2D eigenvalue weighted by Gasteiger charge is 2.35. The molecule has 22 heavy (non-hydrogen) atoms. The van der Waals surface area contributed by atoms with Crippen molar-refractivity contribution in [3.05, 3.63) is 34.0 Å². The van der Waals surface area contributed by atoms with Gasteiger partial charge in [-0.3, -0.25) is 9.78 Å². The number of thiocarbonyl (C=S) groups is 1. The van der Waals surface area contributed by atoms with Crippen molar-refractivity contribution in [1.82, 2.24) is 10.3 Å². The van der Waals surface area contributed by atoms with Crippen molar-refractivity contribution in [2.24, 2.45) is 0 Å². The van der Waals surface area contributed by atoms with Crippen LogP contribution in [0.1, 0.15) is 37.6 Å². The van der Waals surface area contributed by atoms with Crippen LogP contribution < -0.4 is 5.32 Å². The molecule has 0 bridgehead atoms. The van der Waals surface area contributed by atoms with Crippen molar-refractivity contribution in [3.8, 4) is 0 Å². The first kappa shape index (κ1) is 17.0. The number of nitrogens with zero attached hydrogens (tertiary/aromatic N) is 1. The molecule has 1 amide bonds. The standard InChI is InChI=1S/C14H13F3N2OS2/c1-13(2,3)10-5-8(14(15,16)17)7(6-18-10)4-9-11(20)19-12(21)22-9/h4-6H,1-3H3,(H,19,20,21)/b9-4-. The summed E-state index contributed by atoms with van der Waals surface area (Å²) in [6.45, 7) is 5.35. The van der Waals surface area contributed by atoms with Crippen molar-refractivity contribution in [2.75, 3.05) is 0 Å². The molecule has 1 fully saturated rings. The zero-order valence-corrected chi connectivity index (χ0v) is 13.7. The number of carbonyl (C=O) groups excluding carboxylic acids is 1. The number of nitrogens with one attached hydrogen (secondary N) is 1. The summed E-state index contributed by atoms with van der Waals surface area (Å²) in [5, 5.41) is 2.37. The van der Waals surface area contributed by atoms with Crippen molar-refractivity contribution in [2.45, 2.75) is 32.4 Å². The van der Waals surface area contributed by atoms with Gasteiger partial charge in [-0.05, 0) is 12.1 Å². The molecule has 0 aliphatic carbocycles. The van der Waals surface area contributed by atoms with Gasteiger partial charge in [0.25, 0.3) is 5.91 Å². The maximum Gasteiger partial charge on any atom is 0.417 e. The van der Waals surface area contributed by atoms with Crippen molar-refractivity contribution in [3.63, 3.8) is 0 Å². The third-order valence-electron chi connectivity index (χ3n) is 2.94. The number of amides is 1. The van der Waals surface area contributed by atoms with E-state index in [9.17, 15) is 18.0 Å². The number of aromatic nitrogens is 1. The molecule has 1 N–H and O–H groups in total. The molecule has 2 heterocycles. The van der Waals surface area contributed by atoms with Crippen LogP contribution in [0.5, 0.6) is 0 Å². The minimum absolute atomic E-state index is 0.126. The predicted molar refractivity (Wildman–Crippen MR) is 84.2 cm³/mol. The Hall–Kier alpha value is -1.41. The molecule has 0 aromatic carbocycles. The van der Waals surface area contributed by atoms with Gasteiger partial charge in [0, 0.05) is 22.9 Å². The van der Waals surface area contributed by atoms with Gasteiger partial charge in [-0.2, -0.15) is 13.2 Å². The Morgan fingerprint density at radius 3 is 2.41 bits per heavy atom. The van der Waals surface area contributed by atoms with Crippen LogP contribution >= 0.6 is 24.0 Å². The molecule has 0 radical (unpaired) electrons. The lowest BCUT2D eigenvalue weighted by molar-refractivity contribution is -0.137. The van der Waals surface area contributed by atoms with Crippen molar-refractivity contribution >= 4 is 40.3 Å². The molecular formula is C14H13F3N2OS2. The Bertz CT molecular complexity index is 676. The number of halogens is 3. The van der Waals surface area contributed by atoms with Crippen LogP contribution in [-0.4, -0.2) is 15.2 Å². The summed E-state index contributed by atoms with van der Waals surface area (Å²) >= 11 is 5.75. The lowest BCUT2D eigenvalue weighted by Crippen LogP contribution is -2.18. The molecule has 1 aliphatic rings. The fraction of sp³-hybridized carbons (Fsp3) is 0.357. The Labute approximate surface area is 135 Å². The fourth-order valence-electron chi connectivity index (χ4n) is 1.80. The molecule has 1 aromatic heterocycles. The zero-order chi connectivity index (χ0) is 16.7. The van der Waals surface area contributed by atoms with E-state index in [0.29, 0.717) is 5.69 Å².